The topological polar surface area (TPSA) is 86.6 Å². The quantitative estimate of drug-likeness (QED) is 0.431. The molecule has 1 aromatic rings. The molecule has 0 spiro atoms. The Kier molecular flexibility index (Phi) is 4.61. The number of carboxylic acids is 1. The van der Waals surface area contributed by atoms with Gasteiger partial charge in [0.15, 0.2) is 29.3 Å². The number of nitrogens with one attached hydrogen (secondary N) is 1. The molecule has 10 heteroatoms. The van der Waals surface area contributed by atoms with E-state index in [2.05, 4.69) is 0 Å². The second-order valence-corrected chi connectivity index (χ2v) is 3.49. The Balaban J connectivity index is 3.27. The maximum absolute atomic E-state index is 13.2. The van der Waals surface area contributed by atoms with Crippen LogP contribution in [0.4, 0.5) is 22.0 Å². The Hall–Kier alpha value is -2.23. The molecule has 0 saturated heterocycles. The summed E-state index contributed by atoms with van der Waals surface area (Å²) >= 11 is 0. The molecule has 110 valence electrons. The van der Waals surface area contributed by atoms with Gasteiger partial charge in [0.1, 0.15) is 5.56 Å². The van der Waals surface area contributed by atoms with Crippen molar-refractivity contribution in [1.29, 1.82) is 0 Å². The average molecular weight is 299 g/mol. The normalized spacial score (nSPS) is 12.1. The lowest BCUT2D eigenvalue weighted by atomic mass is 10.1. The number of carbonyl (C=O) groups excluding carboxylic acids is 1. The molecule has 5 nitrogen and oxygen atoms in total. The van der Waals surface area contributed by atoms with E-state index in [1.165, 1.54) is 5.32 Å². The van der Waals surface area contributed by atoms with Crippen LogP contribution in [-0.4, -0.2) is 34.7 Å². The number of carbonyl (C=O) groups is 2. The van der Waals surface area contributed by atoms with Crippen molar-refractivity contribution in [1.82, 2.24) is 5.32 Å². The standard InChI is InChI=1S/C10H6F5NO4/c11-4-3(5(12)7(14)8(15)6(4)13)9(18)16-2(1-17)10(19)20/h2,17H,1H2,(H,16,18)(H,19,20)/t2-/m1/s1. The summed E-state index contributed by atoms with van der Waals surface area (Å²) in [4.78, 5) is 21.8. The summed E-state index contributed by atoms with van der Waals surface area (Å²) in [5.74, 6) is -15.6. The molecule has 0 saturated carbocycles. The fourth-order valence-electron chi connectivity index (χ4n) is 1.22. The molecule has 0 aromatic heterocycles. The zero-order chi connectivity index (χ0) is 15.6. The molecule has 1 aromatic carbocycles. The highest BCUT2D eigenvalue weighted by Gasteiger charge is 2.31. The van der Waals surface area contributed by atoms with E-state index in [9.17, 15) is 31.5 Å². The third-order valence-corrected chi connectivity index (χ3v) is 2.22. The molecule has 0 unspecified atom stereocenters. The SMILES string of the molecule is O=C(N[C@H](CO)C(=O)O)c1c(F)c(F)c(F)c(F)c1F. The Morgan fingerprint density at radius 1 is 0.950 bits per heavy atom. The van der Waals surface area contributed by atoms with Crippen LogP contribution in [0.3, 0.4) is 0 Å². The van der Waals surface area contributed by atoms with Crippen molar-refractivity contribution in [3.8, 4) is 0 Å². The highest BCUT2D eigenvalue weighted by Crippen LogP contribution is 2.22. The summed E-state index contributed by atoms with van der Waals surface area (Å²) in [7, 11) is 0. The van der Waals surface area contributed by atoms with Crippen LogP contribution in [-0.2, 0) is 4.79 Å². The molecular weight excluding hydrogens is 293 g/mol. The minimum absolute atomic E-state index is 1.14. The molecular formula is C10H6F5NO4. The maximum Gasteiger partial charge on any atom is 0.328 e. The summed E-state index contributed by atoms with van der Waals surface area (Å²) in [5.41, 5.74) is -1.83. The van der Waals surface area contributed by atoms with E-state index in [0.717, 1.165) is 0 Å². The predicted octanol–water partition coefficient (Wildman–Crippen LogP) is 0.557. The zero-order valence-corrected chi connectivity index (χ0v) is 9.39. The highest BCUT2D eigenvalue weighted by atomic mass is 19.2. The third kappa shape index (κ3) is 2.69. The van der Waals surface area contributed by atoms with Crippen molar-refractivity contribution in [2.24, 2.45) is 0 Å². The minimum atomic E-state index is -2.45. The second kappa shape index (κ2) is 5.82. The van der Waals surface area contributed by atoms with E-state index in [1.807, 2.05) is 0 Å². The lowest BCUT2D eigenvalue weighted by Crippen LogP contribution is -2.44. The number of halogens is 5. The molecule has 0 aliphatic rings. The van der Waals surface area contributed by atoms with Gasteiger partial charge in [-0.1, -0.05) is 0 Å². The number of amides is 1. The second-order valence-electron chi connectivity index (χ2n) is 3.49. The summed E-state index contributed by atoms with van der Waals surface area (Å²) in [6.45, 7) is -1.14. The number of carboxylic acid groups (broad SMARTS) is 1. The monoisotopic (exact) mass is 299 g/mol. The van der Waals surface area contributed by atoms with Gasteiger partial charge in [-0.15, -0.1) is 0 Å². The van der Waals surface area contributed by atoms with E-state index >= 15 is 0 Å². The van der Waals surface area contributed by atoms with Gasteiger partial charge in [0, 0.05) is 0 Å². The number of aliphatic hydroxyl groups excluding tert-OH is 1. The van der Waals surface area contributed by atoms with Crippen LogP contribution in [0.2, 0.25) is 0 Å². The van der Waals surface area contributed by atoms with Gasteiger partial charge in [0.25, 0.3) is 5.91 Å². The van der Waals surface area contributed by atoms with Crippen LogP contribution in [0, 0.1) is 29.1 Å². The lowest BCUT2D eigenvalue weighted by molar-refractivity contribution is -0.140. The smallest absolute Gasteiger partial charge is 0.328 e. The minimum Gasteiger partial charge on any atom is -0.480 e. The van der Waals surface area contributed by atoms with Gasteiger partial charge in [0.05, 0.1) is 6.61 Å². The van der Waals surface area contributed by atoms with E-state index in [4.69, 9.17) is 10.2 Å². The van der Waals surface area contributed by atoms with Gasteiger partial charge in [-0.25, -0.2) is 26.7 Å². The van der Waals surface area contributed by atoms with Gasteiger partial charge in [-0.05, 0) is 0 Å². The average Bonchev–Trinajstić information content (AvgIpc) is 2.40. The molecule has 0 bridgehead atoms. The first-order valence-electron chi connectivity index (χ1n) is 4.88. The Labute approximate surface area is 107 Å². The van der Waals surface area contributed by atoms with E-state index in [1.54, 1.807) is 0 Å². The van der Waals surface area contributed by atoms with Crippen LogP contribution in [0.5, 0.6) is 0 Å². The van der Waals surface area contributed by atoms with Gasteiger partial charge in [0.2, 0.25) is 5.82 Å². The summed E-state index contributed by atoms with van der Waals surface area (Å²) in [6.07, 6.45) is 0. The van der Waals surface area contributed by atoms with Crippen molar-refractivity contribution in [3.05, 3.63) is 34.6 Å². The predicted molar refractivity (Wildman–Crippen MR) is 52.2 cm³/mol. The fourth-order valence-corrected chi connectivity index (χ4v) is 1.22. The fraction of sp³-hybridized carbons (Fsp3) is 0.200. The highest BCUT2D eigenvalue weighted by molar-refractivity contribution is 5.97. The van der Waals surface area contributed by atoms with Gasteiger partial charge in [-0.3, -0.25) is 4.79 Å². The molecule has 0 aliphatic heterocycles. The van der Waals surface area contributed by atoms with Crippen molar-refractivity contribution in [2.45, 2.75) is 6.04 Å². The number of hydrogen-bond donors (Lipinski definition) is 3. The van der Waals surface area contributed by atoms with E-state index in [0.29, 0.717) is 0 Å². The summed E-state index contributed by atoms with van der Waals surface area (Å²) in [6, 6.07) is -1.96. The number of rotatable bonds is 4. The number of hydrogen-bond acceptors (Lipinski definition) is 3. The number of aliphatic carboxylic acids is 1. The summed E-state index contributed by atoms with van der Waals surface area (Å²) in [5, 5.41) is 18.5. The van der Waals surface area contributed by atoms with Gasteiger partial charge >= 0.3 is 5.97 Å². The lowest BCUT2D eigenvalue weighted by Gasteiger charge is -2.13. The first-order valence-corrected chi connectivity index (χ1v) is 4.88. The third-order valence-electron chi connectivity index (χ3n) is 2.22. The Morgan fingerprint density at radius 2 is 1.35 bits per heavy atom. The maximum atomic E-state index is 13.2. The molecule has 0 aliphatic carbocycles. The molecule has 0 heterocycles. The zero-order valence-electron chi connectivity index (χ0n) is 9.39. The van der Waals surface area contributed by atoms with Crippen LogP contribution in [0.1, 0.15) is 10.4 Å². The molecule has 1 amide bonds. The van der Waals surface area contributed by atoms with Crippen molar-refractivity contribution in [2.75, 3.05) is 6.61 Å². The summed E-state index contributed by atoms with van der Waals surface area (Å²) < 4.78 is 64.8. The molecule has 20 heavy (non-hydrogen) atoms. The molecule has 1 rings (SSSR count). The van der Waals surface area contributed by atoms with Crippen molar-refractivity contribution < 1.29 is 41.8 Å². The Morgan fingerprint density at radius 3 is 1.70 bits per heavy atom. The largest absolute Gasteiger partial charge is 0.480 e. The van der Waals surface area contributed by atoms with Crippen molar-refractivity contribution >= 4 is 11.9 Å². The van der Waals surface area contributed by atoms with E-state index in [-0.39, 0.29) is 0 Å². The van der Waals surface area contributed by atoms with Crippen LogP contribution in [0.25, 0.3) is 0 Å². The first-order chi connectivity index (χ1) is 9.22. The van der Waals surface area contributed by atoms with Crippen LogP contribution in [0.15, 0.2) is 0 Å². The van der Waals surface area contributed by atoms with Crippen LogP contribution < -0.4 is 5.32 Å². The van der Waals surface area contributed by atoms with Gasteiger partial charge in [-0.2, -0.15) is 0 Å². The molecule has 0 radical (unpaired) electrons. The molecule has 0 fully saturated rings. The number of aliphatic hydroxyl groups is 1. The van der Waals surface area contributed by atoms with Crippen LogP contribution >= 0.6 is 0 Å². The first kappa shape index (κ1) is 15.8. The van der Waals surface area contributed by atoms with Gasteiger partial charge < -0.3 is 15.5 Å². The van der Waals surface area contributed by atoms with Crippen molar-refractivity contribution in [3.63, 3.8) is 0 Å². The Bertz CT molecular complexity index is 548. The molecule has 3 N–H and O–H groups in total. The van der Waals surface area contributed by atoms with E-state index < -0.39 is 59.2 Å². The molecule has 1 atom stereocenters. The number of benzene rings is 1.